The fourth-order valence-corrected chi connectivity index (χ4v) is 7.83. The number of nitrogens with zero attached hydrogens (tertiary/aromatic N) is 7. The highest BCUT2D eigenvalue weighted by molar-refractivity contribution is 7.84. The van der Waals surface area contributed by atoms with Gasteiger partial charge in [-0.05, 0) is 62.3 Å². The molecule has 5 heterocycles. The van der Waals surface area contributed by atoms with E-state index in [1.54, 1.807) is 12.7 Å². The molecule has 0 spiro atoms. The number of hydrogen-bond acceptors (Lipinski definition) is 9. The number of H-pyrrole nitrogens is 1. The number of fused-ring (bicyclic) bond motifs is 2. The molecule has 13 heteroatoms. The summed E-state index contributed by atoms with van der Waals surface area (Å²) in [5.74, 6) is 0. The van der Waals surface area contributed by atoms with Crippen molar-refractivity contribution in [2.45, 2.75) is 63.1 Å². The van der Waals surface area contributed by atoms with Gasteiger partial charge >= 0.3 is 0 Å². The number of aromatic nitrogens is 8. The number of aromatic amines is 1. The van der Waals surface area contributed by atoms with Crippen LogP contribution < -0.4 is 10.5 Å². The van der Waals surface area contributed by atoms with Gasteiger partial charge in [-0.25, -0.2) is 38.8 Å². The summed E-state index contributed by atoms with van der Waals surface area (Å²) in [4.78, 5) is 29.5. The number of nitrogens with one attached hydrogen (secondary N) is 2. The monoisotopic (exact) mass is 790 g/mol. The maximum atomic E-state index is 13.0. The first-order valence-electron chi connectivity index (χ1n) is 19.4. The van der Waals surface area contributed by atoms with Gasteiger partial charge < -0.3 is 15.5 Å². The van der Waals surface area contributed by atoms with Gasteiger partial charge in [0.1, 0.15) is 35.6 Å². The van der Waals surface area contributed by atoms with Crippen LogP contribution in [-0.4, -0.2) is 55.0 Å². The Labute approximate surface area is 340 Å². The number of rotatable bonds is 9. The molecule has 1 fully saturated rings. The van der Waals surface area contributed by atoms with Crippen LogP contribution in [0.25, 0.3) is 44.8 Å². The van der Waals surface area contributed by atoms with Crippen molar-refractivity contribution in [3.05, 3.63) is 157 Å². The molecule has 0 aliphatic carbocycles. The molecule has 4 N–H and O–H groups in total. The Balaban J connectivity index is 0.000000176. The Bertz CT molecular complexity index is 2600. The van der Waals surface area contributed by atoms with Crippen molar-refractivity contribution in [2.75, 3.05) is 6.61 Å². The summed E-state index contributed by atoms with van der Waals surface area (Å²) in [6, 6.07) is 36.2. The summed E-state index contributed by atoms with van der Waals surface area (Å²) in [5.41, 5.74) is 17.2. The Kier molecular flexibility index (Phi) is 11.6. The molecule has 294 valence electrons. The fraction of sp³-hybridized carbons (Fsp3) is 0.244. The first kappa shape index (κ1) is 38.9. The van der Waals surface area contributed by atoms with E-state index in [2.05, 4.69) is 63.9 Å². The molecule has 4 aromatic carbocycles. The normalized spacial score (nSPS) is 16.0. The topological polar surface area (TPSA) is 162 Å². The number of nitrogens with two attached hydrogens (primary N) is 1. The lowest BCUT2D eigenvalue weighted by atomic mass is 9.98. The molecule has 0 saturated carbocycles. The summed E-state index contributed by atoms with van der Waals surface area (Å²) in [6.45, 7) is 6.68. The highest BCUT2D eigenvalue weighted by atomic mass is 32.2. The summed E-state index contributed by atoms with van der Waals surface area (Å²) in [5, 5.41) is 0. The van der Waals surface area contributed by atoms with Crippen molar-refractivity contribution in [2.24, 2.45) is 5.73 Å². The van der Waals surface area contributed by atoms with E-state index in [1.165, 1.54) is 6.33 Å². The molecule has 0 amide bonds. The molecule has 0 radical (unpaired) electrons. The van der Waals surface area contributed by atoms with Gasteiger partial charge in [0.2, 0.25) is 0 Å². The molecule has 4 unspecified atom stereocenters. The second kappa shape index (κ2) is 17.2. The molecule has 0 bridgehead atoms. The van der Waals surface area contributed by atoms with Crippen LogP contribution in [0, 0.1) is 0 Å². The van der Waals surface area contributed by atoms with Crippen molar-refractivity contribution in [1.29, 1.82) is 0 Å². The summed E-state index contributed by atoms with van der Waals surface area (Å²) < 4.78 is 23.9. The molecule has 1 aliphatic heterocycles. The Morgan fingerprint density at radius 2 is 1.34 bits per heavy atom. The van der Waals surface area contributed by atoms with E-state index < -0.39 is 11.0 Å². The Hall–Kier alpha value is -5.99. The highest BCUT2D eigenvalue weighted by Crippen LogP contribution is 2.32. The van der Waals surface area contributed by atoms with E-state index in [1.807, 2.05) is 117 Å². The lowest BCUT2D eigenvalue weighted by Crippen LogP contribution is -2.36. The molecule has 4 aromatic heterocycles. The molecular weight excluding hydrogens is 745 g/mol. The van der Waals surface area contributed by atoms with Crippen molar-refractivity contribution < 1.29 is 8.95 Å². The molecule has 1 saturated heterocycles. The van der Waals surface area contributed by atoms with Gasteiger partial charge in [-0.15, -0.1) is 0 Å². The van der Waals surface area contributed by atoms with E-state index in [4.69, 9.17) is 10.5 Å². The van der Waals surface area contributed by atoms with Crippen molar-refractivity contribution >= 4 is 33.3 Å². The van der Waals surface area contributed by atoms with Gasteiger partial charge in [0.15, 0.2) is 11.3 Å². The molecule has 1 aliphatic rings. The zero-order valence-electron chi connectivity index (χ0n) is 32.7. The smallest absolute Gasteiger partial charge is 0.181 e. The molecule has 58 heavy (non-hydrogen) atoms. The van der Waals surface area contributed by atoms with Crippen LogP contribution in [0.1, 0.15) is 80.6 Å². The first-order chi connectivity index (χ1) is 28.2. The van der Waals surface area contributed by atoms with Crippen LogP contribution in [0.3, 0.4) is 0 Å². The second-order valence-corrected chi connectivity index (χ2v) is 17.2. The van der Waals surface area contributed by atoms with Gasteiger partial charge in [0, 0.05) is 17.7 Å². The average molecular weight is 791 g/mol. The zero-order chi connectivity index (χ0) is 40.1. The molecule has 4 atom stereocenters. The lowest BCUT2D eigenvalue weighted by molar-refractivity contribution is -0.0298. The third kappa shape index (κ3) is 8.48. The minimum Gasteiger partial charge on any atom is -0.358 e. The van der Waals surface area contributed by atoms with Crippen LogP contribution in [0.2, 0.25) is 0 Å². The van der Waals surface area contributed by atoms with E-state index >= 15 is 0 Å². The summed E-state index contributed by atoms with van der Waals surface area (Å²) in [7, 11) is -1.22. The second-order valence-electron chi connectivity index (χ2n) is 15.2. The van der Waals surface area contributed by atoms with Crippen LogP contribution in [-0.2, 0) is 15.7 Å². The van der Waals surface area contributed by atoms with Gasteiger partial charge in [-0.3, -0.25) is 4.57 Å². The fourth-order valence-electron chi connectivity index (χ4n) is 6.99. The van der Waals surface area contributed by atoms with Crippen molar-refractivity contribution in [3.63, 3.8) is 0 Å². The van der Waals surface area contributed by atoms with E-state index in [0.29, 0.717) is 5.65 Å². The maximum absolute atomic E-state index is 13.0. The van der Waals surface area contributed by atoms with Gasteiger partial charge in [-0.1, -0.05) is 109 Å². The third-order valence-corrected chi connectivity index (χ3v) is 11.7. The SMILES string of the molecule is CC(C)(C)S(=O)NC(c1ccccc1)c1ccc(-c2ncnc3c2ncn3C2CCCCO2)cc1.NC(c1ccccc1)c1ccc(-c2ncnc3nc[nH]c23)cc1. The van der Waals surface area contributed by atoms with E-state index in [9.17, 15) is 4.21 Å². The number of ether oxygens (including phenoxy) is 1. The van der Waals surface area contributed by atoms with Gasteiger partial charge in [0.25, 0.3) is 0 Å². The van der Waals surface area contributed by atoms with Crippen LogP contribution in [0.15, 0.2) is 135 Å². The quantitative estimate of drug-likeness (QED) is 0.130. The number of benzene rings is 4. The first-order valence-corrected chi connectivity index (χ1v) is 20.6. The van der Waals surface area contributed by atoms with E-state index in [-0.39, 0.29) is 23.1 Å². The lowest BCUT2D eigenvalue weighted by Gasteiger charge is -2.25. The van der Waals surface area contributed by atoms with Crippen LogP contribution in [0.4, 0.5) is 0 Å². The predicted octanol–water partition coefficient (Wildman–Crippen LogP) is 8.40. The molecule has 8 aromatic rings. The summed E-state index contributed by atoms with van der Waals surface area (Å²) >= 11 is 0. The Morgan fingerprint density at radius 3 is 2.02 bits per heavy atom. The Morgan fingerprint density at radius 1 is 0.741 bits per heavy atom. The summed E-state index contributed by atoms with van der Waals surface area (Å²) in [6.07, 6.45) is 9.73. The average Bonchev–Trinajstić information content (AvgIpc) is 3.94. The van der Waals surface area contributed by atoms with E-state index in [0.717, 1.165) is 87.3 Å². The molecule has 9 rings (SSSR count). The van der Waals surface area contributed by atoms with Crippen LogP contribution >= 0.6 is 0 Å². The molecular formula is C45H46N10O2S. The zero-order valence-corrected chi connectivity index (χ0v) is 33.5. The predicted molar refractivity (Wildman–Crippen MR) is 229 cm³/mol. The number of imidazole rings is 2. The largest absolute Gasteiger partial charge is 0.358 e. The van der Waals surface area contributed by atoms with Gasteiger partial charge in [0.05, 0.1) is 46.2 Å². The highest BCUT2D eigenvalue weighted by Gasteiger charge is 2.25. The minimum absolute atomic E-state index is 0.0275. The van der Waals surface area contributed by atoms with Crippen molar-refractivity contribution in [1.82, 2.24) is 44.2 Å². The van der Waals surface area contributed by atoms with Crippen LogP contribution in [0.5, 0.6) is 0 Å². The van der Waals surface area contributed by atoms with Crippen molar-refractivity contribution in [3.8, 4) is 22.5 Å². The maximum Gasteiger partial charge on any atom is 0.181 e. The number of hydrogen-bond donors (Lipinski definition) is 3. The molecule has 12 nitrogen and oxygen atoms in total. The third-order valence-electron chi connectivity index (χ3n) is 10.2. The minimum atomic E-state index is -1.22. The van der Waals surface area contributed by atoms with Gasteiger partial charge in [-0.2, -0.15) is 0 Å². The standard InChI is InChI=1S/C27H31N5O2S.C18H15N5/c1-27(2,3)35(33)31-23(19-9-5-4-6-10-19)20-12-14-21(15-13-20)24-25-26(29-17-28-24)32(18-30-25)22-11-7-8-16-34-22;19-15(12-4-2-1-3-5-12)13-6-8-14(9-7-13)16-17-18(22-10-20-16)23-11-21-17/h4-6,9-10,12-15,17-18,22-23,31H,7-8,11,16H2,1-3H3;1-11,15H,19H2,(H,20,21,22,23).